The third kappa shape index (κ3) is 3.19. The average Bonchev–Trinajstić information content (AvgIpc) is 3.10. The number of anilines is 1. The smallest absolute Gasteiger partial charge is 0.231 e. The number of quaternary nitrogens is 1. The van der Waals surface area contributed by atoms with E-state index in [1.54, 1.807) is 6.07 Å². The van der Waals surface area contributed by atoms with Crippen molar-refractivity contribution in [3.8, 4) is 17.2 Å². The minimum Gasteiger partial charge on any atom is -0.507 e. The lowest BCUT2D eigenvalue weighted by molar-refractivity contribution is -0.930. The first-order chi connectivity index (χ1) is 12.6. The molecule has 0 unspecified atom stereocenters. The summed E-state index contributed by atoms with van der Waals surface area (Å²) < 4.78 is 11.0. The van der Waals surface area contributed by atoms with Crippen LogP contribution < -0.4 is 19.3 Å². The van der Waals surface area contributed by atoms with Gasteiger partial charge in [0, 0.05) is 31.4 Å². The van der Waals surface area contributed by atoms with Gasteiger partial charge in [0.05, 0.1) is 18.7 Å². The Kier molecular flexibility index (Phi) is 4.64. The average molecular weight is 355 g/mol. The number of likely N-dealkylation sites (tertiary alicyclic amines) is 1. The maximum absolute atomic E-state index is 10.7. The minimum absolute atomic E-state index is 0.0982. The molecule has 1 saturated heterocycles. The van der Waals surface area contributed by atoms with Crippen LogP contribution >= 0.6 is 0 Å². The monoisotopic (exact) mass is 355 g/mol. The number of hydrogen-bond donors (Lipinski definition) is 2. The second-order valence-corrected chi connectivity index (χ2v) is 7.40. The summed E-state index contributed by atoms with van der Waals surface area (Å²) in [6.45, 7) is 2.46. The molecule has 0 bridgehead atoms. The van der Waals surface area contributed by atoms with Gasteiger partial charge in [0.25, 0.3) is 0 Å². The molecule has 2 N–H and O–H groups in total. The Balaban J connectivity index is 1.76. The number of phenols is 1. The summed E-state index contributed by atoms with van der Waals surface area (Å²) in [7, 11) is 4.10. The van der Waals surface area contributed by atoms with Crippen molar-refractivity contribution in [2.75, 3.05) is 38.9 Å². The van der Waals surface area contributed by atoms with E-state index in [2.05, 4.69) is 29.2 Å². The molecule has 5 nitrogen and oxygen atoms in total. The molecule has 2 aliphatic heterocycles. The Labute approximate surface area is 154 Å². The van der Waals surface area contributed by atoms with Crippen LogP contribution in [-0.2, 0) is 0 Å². The van der Waals surface area contributed by atoms with Crippen LogP contribution in [0.15, 0.2) is 36.4 Å². The van der Waals surface area contributed by atoms with E-state index in [1.165, 1.54) is 35.4 Å². The molecule has 26 heavy (non-hydrogen) atoms. The van der Waals surface area contributed by atoms with Crippen molar-refractivity contribution in [1.29, 1.82) is 0 Å². The molecule has 2 aromatic carbocycles. The molecule has 4 rings (SSSR count). The molecule has 0 aliphatic carbocycles. The number of piperidine rings is 1. The molecule has 5 heteroatoms. The van der Waals surface area contributed by atoms with E-state index in [0.717, 1.165) is 24.4 Å². The summed E-state index contributed by atoms with van der Waals surface area (Å²) >= 11 is 0. The maximum atomic E-state index is 10.7. The highest BCUT2D eigenvalue weighted by atomic mass is 16.7. The fraction of sp³-hybridized carbons (Fsp3) is 0.429. The first-order valence-corrected chi connectivity index (χ1v) is 9.38. The number of phenolic OH excluding ortho intramolecular Hbond substituents is 1. The topological polar surface area (TPSA) is 46.4 Å². The third-order valence-corrected chi connectivity index (χ3v) is 5.48. The summed E-state index contributed by atoms with van der Waals surface area (Å²) in [5, 5.41) is 10.7. The molecular weight excluding hydrogens is 328 g/mol. The molecule has 1 fully saturated rings. The van der Waals surface area contributed by atoms with Crippen LogP contribution in [-0.4, -0.2) is 39.1 Å². The van der Waals surface area contributed by atoms with Gasteiger partial charge in [0.1, 0.15) is 11.8 Å². The van der Waals surface area contributed by atoms with E-state index >= 15 is 0 Å². The second-order valence-electron chi connectivity index (χ2n) is 7.40. The van der Waals surface area contributed by atoms with Crippen molar-refractivity contribution >= 4 is 5.69 Å². The van der Waals surface area contributed by atoms with Gasteiger partial charge in [0.15, 0.2) is 11.5 Å². The SMILES string of the molecule is CN(C)c1ccc([C@@H](c2cc3c(cc2O)OCO3)[NH+]2CCCCC2)cc1. The number of aromatic hydroxyl groups is 1. The second kappa shape index (κ2) is 7.08. The Bertz CT molecular complexity index is 768. The number of ether oxygens (including phenoxy) is 2. The summed E-state index contributed by atoms with van der Waals surface area (Å²) in [6.07, 6.45) is 3.75. The number of rotatable bonds is 4. The lowest BCUT2D eigenvalue weighted by Gasteiger charge is -2.32. The van der Waals surface area contributed by atoms with Gasteiger partial charge in [-0.2, -0.15) is 0 Å². The summed E-state index contributed by atoms with van der Waals surface area (Å²) in [5.74, 6) is 1.64. The standard InChI is InChI=1S/C21H26N2O3/c1-22(2)16-8-6-15(7-9-16)21(23-10-4-3-5-11-23)17-12-19-20(13-18(17)24)26-14-25-19/h6-9,12-13,21,24H,3-5,10-11,14H2,1-2H3/p+1/t21-/m0/s1. The summed E-state index contributed by atoms with van der Waals surface area (Å²) in [4.78, 5) is 3.60. The number of benzene rings is 2. The number of hydrogen-bond acceptors (Lipinski definition) is 4. The highest BCUT2D eigenvalue weighted by Gasteiger charge is 2.32. The Morgan fingerprint density at radius 1 is 0.962 bits per heavy atom. The van der Waals surface area contributed by atoms with Crippen molar-refractivity contribution in [3.05, 3.63) is 47.5 Å². The van der Waals surface area contributed by atoms with Gasteiger partial charge >= 0.3 is 0 Å². The van der Waals surface area contributed by atoms with Crippen LogP contribution in [0, 0.1) is 0 Å². The quantitative estimate of drug-likeness (QED) is 0.884. The Hall–Kier alpha value is -2.40. The number of fused-ring (bicyclic) bond motifs is 1. The first kappa shape index (κ1) is 17.0. The van der Waals surface area contributed by atoms with Gasteiger partial charge in [0.2, 0.25) is 6.79 Å². The zero-order valence-electron chi connectivity index (χ0n) is 15.5. The van der Waals surface area contributed by atoms with E-state index in [0.29, 0.717) is 5.75 Å². The lowest BCUT2D eigenvalue weighted by Crippen LogP contribution is -3.13. The van der Waals surface area contributed by atoms with Crippen molar-refractivity contribution in [2.24, 2.45) is 0 Å². The van der Waals surface area contributed by atoms with Gasteiger partial charge in [-0.3, -0.25) is 0 Å². The molecule has 1 atom stereocenters. The van der Waals surface area contributed by atoms with Gasteiger partial charge in [-0.05, 0) is 37.5 Å². The molecular formula is C21H27N2O3+. The molecule has 2 aromatic rings. The van der Waals surface area contributed by atoms with Crippen LogP contribution in [0.25, 0.3) is 0 Å². The molecule has 0 amide bonds. The molecule has 2 aliphatic rings. The van der Waals surface area contributed by atoms with Crippen LogP contribution in [0.2, 0.25) is 0 Å². The number of nitrogens with zero attached hydrogens (tertiary/aromatic N) is 1. The van der Waals surface area contributed by atoms with Crippen molar-refractivity contribution < 1.29 is 19.5 Å². The van der Waals surface area contributed by atoms with Gasteiger partial charge in [-0.1, -0.05) is 12.1 Å². The fourth-order valence-corrected chi connectivity index (χ4v) is 4.07. The van der Waals surface area contributed by atoms with E-state index in [4.69, 9.17) is 9.47 Å². The van der Waals surface area contributed by atoms with Crippen LogP contribution in [0.4, 0.5) is 5.69 Å². The number of nitrogens with one attached hydrogen (secondary N) is 1. The molecule has 138 valence electrons. The molecule has 0 aromatic heterocycles. The zero-order valence-corrected chi connectivity index (χ0v) is 15.5. The van der Waals surface area contributed by atoms with Crippen molar-refractivity contribution in [3.63, 3.8) is 0 Å². The minimum atomic E-state index is 0.0982. The predicted molar refractivity (Wildman–Crippen MR) is 101 cm³/mol. The first-order valence-electron chi connectivity index (χ1n) is 9.38. The maximum Gasteiger partial charge on any atom is 0.231 e. The van der Waals surface area contributed by atoms with E-state index < -0.39 is 0 Å². The van der Waals surface area contributed by atoms with Crippen LogP contribution in [0.5, 0.6) is 17.2 Å². The molecule has 0 saturated carbocycles. The van der Waals surface area contributed by atoms with Gasteiger partial charge in [-0.25, -0.2) is 0 Å². The molecule has 2 heterocycles. The Morgan fingerprint density at radius 2 is 1.62 bits per heavy atom. The van der Waals surface area contributed by atoms with E-state index in [-0.39, 0.29) is 18.6 Å². The largest absolute Gasteiger partial charge is 0.507 e. The summed E-state index contributed by atoms with van der Waals surface area (Å²) in [5.41, 5.74) is 3.32. The lowest BCUT2D eigenvalue weighted by atomic mass is 9.93. The summed E-state index contributed by atoms with van der Waals surface area (Å²) in [6, 6.07) is 12.4. The van der Waals surface area contributed by atoms with E-state index in [9.17, 15) is 5.11 Å². The Morgan fingerprint density at radius 3 is 2.27 bits per heavy atom. The van der Waals surface area contributed by atoms with Crippen LogP contribution in [0.3, 0.4) is 0 Å². The highest BCUT2D eigenvalue weighted by Crippen LogP contribution is 2.40. The van der Waals surface area contributed by atoms with Gasteiger partial charge in [-0.15, -0.1) is 0 Å². The van der Waals surface area contributed by atoms with Crippen LogP contribution in [0.1, 0.15) is 36.4 Å². The molecule has 0 spiro atoms. The fourth-order valence-electron chi connectivity index (χ4n) is 4.07. The zero-order chi connectivity index (χ0) is 18.1. The van der Waals surface area contributed by atoms with Crippen molar-refractivity contribution in [2.45, 2.75) is 25.3 Å². The van der Waals surface area contributed by atoms with E-state index in [1.807, 2.05) is 20.2 Å². The predicted octanol–water partition coefficient (Wildman–Crippen LogP) is 2.35. The third-order valence-electron chi connectivity index (χ3n) is 5.48. The normalized spacial score (nSPS) is 17.9. The van der Waals surface area contributed by atoms with Gasteiger partial charge < -0.3 is 24.4 Å². The highest BCUT2D eigenvalue weighted by molar-refractivity contribution is 5.54. The van der Waals surface area contributed by atoms with Crippen molar-refractivity contribution in [1.82, 2.24) is 0 Å². The molecule has 0 radical (unpaired) electrons.